The molecule has 0 aliphatic carbocycles. The Balaban J connectivity index is 2.13. The second kappa shape index (κ2) is 3.52. The highest BCUT2D eigenvalue weighted by Crippen LogP contribution is 2.19. The van der Waals surface area contributed by atoms with Crippen LogP contribution in [-0.4, -0.2) is 29.3 Å². The molecule has 0 amide bonds. The Labute approximate surface area is 82.0 Å². The van der Waals surface area contributed by atoms with Gasteiger partial charge < -0.3 is 10.0 Å². The van der Waals surface area contributed by atoms with Gasteiger partial charge in [0.15, 0.2) is 0 Å². The number of aliphatic hydroxyl groups excluding tert-OH is 1. The van der Waals surface area contributed by atoms with Crippen molar-refractivity contribution in [3.05, 3.63) is 23.4 Å². The standard InChI is InChI=1S/C9H11ClN2O/c10-7-1-2-9(11-5-7)12-4-3-8(13)6-12/h1-2,5,8,13H,3-4,6H2. The predicted octanol–water partition coefficient (Wildman–Crippen LogP) is 1.31. The fourth-order valence-corrected chi connectivity index (χ4v) is 1.62. The predicted molar refractivity (Wildman–Crippen MR) is 52.1 cm³/mol. The maximum absolute atomic E-state index is 9.32. The maximum Gasteiger partial charge on any atom is 0.128 e. The van der Waals surface area contributed by atoms with E-state index in [9.17, 15) is 5.11 Å². The molecule has 1 fully saturated rings. The van der Waals surface area contributed by atoms with E-state index in [2.05, 4.69) is 9.88 Å². The lowest BCUT2D eigenvalue weighted by atomic mass is 10.3. The van der Waals surface area contributed by atoms with E-state index in [1.807, 2.05) is 12.1 Å². The van der Waals surface area contributed by atoms with Crippen molar-refractivity contribution < 1.29 is 5.11 Å². The largest absolute Gasteiger partial charge is 0.391 e. The first-order valence-electron chi connectivity index (χ1n) is 4.30. The number of halogens is 1. The van der Waals surface area contributed by atoms with Crippen molar-refractivity contribution in [3.63, 3.8) is 0 Å². The molecule has 1 saturated heterocycles. The topological polar surface area (TPSA) is 36.4 Å². The van der Waals surface area contributed by atoms with Crippen molar-refractivity contribution in [1.29, 1.82) is 0 Å². The average Bonchev–Trinajstić information content (AvgIpc) is 2.53. The maximum atomic E-state index is 9.32. The molecule has 0 radical (unpaired) electrons. The van der Waals surface area contributed by atoms with Crippen LogP contribution in [0, 0.1) is 0 Å². The molecule has 1 aliphatic heterocycles. The third-order valence-corrected chi connectivity index (χ3v) is 2.42. The van der Waals surface area contributed by atoms with Crippen molar-refractivity contribution in [1.82, 2.24) is 4.98 Å². The summed E-state index contributed by atoms with van der Waals surface area (Å²) in [6.07, 6.45) is 2.24. The van der Waals surface area contributed by atoms with E-state index in [4.69, 9.17) is 11.6 Å². The summed E-state index contributed by atoms with van der Waals surface area (Å²) in [4.78, 5) is 6.23. The van der Waals surface area contributed by atoms with Gasteiger partial charge in [0.1, 0.15) is 5.82 Å². The third-order valence-electron chi connectivity index (χ3n) is 2.20. The highest BCUT2D eigenvalue weighted by Gasteiger charge is 2.20. The van der Waals surface area contributed by atoms with E-state index in [0.717, 1.165) is 18.8 Å². The molecule has 3 nitrogen and oxygen atoms in total. The molecule has 4 heteroatoms. The number of anilines is 1. The third kappa shape index (κ3) is 1.92. The number of pyridine rings is 1. The molecule has 1 atom stereocenters. The highest BCUT2D eigenvalue weighted by molar-refractivity contribution is 6.30. The minimum absolute atomic E-state index is 0.211. The van der Waals surface area contributed by atoms with Gasteiger partial charge in [-0.3, -0.25) is 0 Å². The molecule has 0 bridgehead atoms. The fourth-order valence-electron chi connectivity index (χ4n) is 1.50. The van der Waals surface area contributed by atoms with Crippen LogP contribution in [0.25, 0.3) is 0 Å². The minimum Gasteiger partial charge on any atom is -0.391 e. The zero-order chi connectivity index (χ0) is 9.26. The quantitative estimate of drug-likeness (QED) is 0.739. The zero-order valence-electron chi connectivity index (χ0n) is 7.15. The summed E-state index contributed by atoms with van der Waals surface area (Å²) in [7, 11) is 0. The van der Waals surface area contributed by atoms with Crippen LogP contribution in [0.1, 0.15) is 6.42 Å². The molecule has 70 valence electrons. The number of aromatic nitrogens is 1. The molecule has 1 unspecified atom stereocenters. The number of rotatable bonds is 1. The lowest BCUT2D eigenvalue weighted by Crippen LogP contribution is -2.21. The van der Waals surface area contributed by atoms with E-state index in [-0.39, 0.29) is 6.10 Å². The van der Waals surface area contributed by atoms with E-state index >= 15 is 0 Å². The molecule has 1 aromatic rings. The summed E-state index contributed by atoms with van der Waals surface area (Å²) in [6, 6.07) is 3.69. The Morgan fingerprint density at radius 1 is 1.54 bits per heavy atom. The molecule has 0 aromatic carbocycles. The van der Waals surface area contributed by atoms with Gasteiger partial charge in [-0.15, -0.1) is 0 Å². The van der Waals surface area contributed by atoms with Crippen LogP contribution in [0.3, 0.4) is 0 Å². The second-order valence-corrected chi connectivity index (χ2v) is 3.66. The molecule has 0 saturated carbocycles. The van der Waals surface area contributed by atoms with Crippen molar-refractivity contribution in [2.45, 2.75) is 12.5 Å². The Hall–Kier alpha value is -0.800. The van der Waals surface area contributed by atoms with E-state index in [1.54, 1.807) is 6.20 Å². The smallest absolute Gasteiger partial charge is 0.128 e. The Bertz CT molecular complexity index is 288. The van der Waals surface area contributed by atoms with Crippen LogP contribution >= 0.6 is 11.6 Å². The van der Waals surface area contributed by atoms with E-state index in [0.29, 0.717) is 11.6 Å². The van der Waals surface area contributed by atoms with Crippen molar-refractivity contribution in [3.8, 4) is 0 Å². The SMILES string of the molecule is OC1CCN(c2ccc(Cl)cn2)C1. The molecule has 2 heterocycles. The summed E-state index contributed by atoms with van der Waals surface area (Å²) in [5.41, 5.74) is 0. The monoisotopic (exact) mass is 198 g/mol. The van der Waals surface area contributed by atoms with Gasteiger partial charge in [0.2, 0.25) is 0 Å². The number of aliphatic hydroxyl groups is 1. The molecule has 2 rings (SSSR count). The summed E-state index contributed by atoms with van der Waals surface area (Å²) in [5.74, 6) is 0.890. The van der Waals surface area contributed by atoms with Gasteiger partial charge in [0.25, 0.3) is 0 Å². The second-order valence-electron chi connectivity index (χ2n) is 3.22. The first kappa shape index (κ1) is 8.78. The van der Waals surface area contributed by atoms with Crippen LogP contribution in [0.2, 0.25) is 5.02 Å². The van der Waals surface area contributed by atoms with Crippen molar-refractivity contribution >= 4 is 17.4 Å². The van der Waals surface area contributed by atoms with E-state index < -0.39 is 0 Å². The van der Waals surface area contributed by atoms with Gasteiger partial charge in [-0.25, -0.2) is 4.98 Å². The first-order valence-corrected chi connectivity index (χ1v) is 4.68. The van der Waals surface area contributed by atoms with Gasteiger partial charge in [0.05, 0.1) is 11.1 Å². The van der Waals surface area contributed by atoms with Crippen LogP contribution in [0.15, 0.2) is 18.3 Å². The number of hydrogen-bond acceptors (Lipinski definition) is 3. The summed E-state index contributed by atoms with van der Waals surface area (Å²) in [5, 5.41) is 9.96. The van der Waals surface area contributed by atoms with Gasteiger partial charge in [-0.05, 0) is 18.6 Å². The Morgan fingerprint density at radius 3 is 2.92 bits per heavy atom. The summed E-state index contributed by atoms with van der Waals surface area (Å²) < 4.78 is 0. The van der Waals surface area contributed by atoms with Crippen molar-refractivity contribution in [2.75, 3.05) is 18.0 Å². The number of nitrogens with zero attached hydrogens (tertiary/aromatic N) is 2. The van der Waals surface area contributed by atoms with Gasteiger partial charge in [-0.2, -0.15) is 0 Å². The van der Waals surface area contributed by atoms with Gasteiger partial charge in [0, 0.05) is 19.3 Å². The molecule has 0 spiro atoms. The van der Waals surface area contributed by atoms with Crippen LogP contribution in [-0.2, 0) is 0 Å². The highest BCUT2D eigenvalue weighted by atomic mass is 35.5. The Morgan fingerprint density at radius 2 is 2.38 bits per heavy atom. The summed E-state index contributed by atoms with van der Waals surface area (Å²) in [6.45, 7) is 1.55. The normalized spacial score (nSPS) is 22.3. The van der Waals surface area contributed by atoms with E-state index in [1.165, 1.54) is 0 Å². The molecular weight excluding hydrogens is 188 g/mol. The van der Waals surface area contributed by atoms with Crippen LogP contribution < -0.4 is 4.90 Å². The fraction of sp³-hybridized carbons (Fsp3) is 0.444. The lowest BCUT2D eigenvalue weighted by Gasteiger charge is -2.15. The number of β-amino-alcohol motifs (C(OH)–C–C–N with tert-alkyl or cyclic N) is 1. The zero-order valence-corrected chi connectivity index (χ0v) is 7.91. The van der Waals surface area contributed by atoms with Crippen LogP contribution in [0.5, 0.6) is 0 Å². The Kier molecular flexibility index (Phi) is 2.38. The van der Waals surface area contributed by atoms with Crippen LogP contribution in [0.4, 0.5) is 5.82 Å². The average molecular weight is 199 g/mol. The molecule has 1 aromatic heterocycles. The molecule has 1 aliphatic rings. The number of hydrogen-bond donors (Lipinski definition) is 1. The van der Waals surface area contributed by atoms with Crippen molar-refractivity contribution in [2.24, 2.45) is 0 Å². The first-order chi connectivity index (χ1) is 6.25. The minimum atomic E-state index is -0.211. The molecular formula is C9H11ClN2O. The van der Waals surface area contributed by atoms with Gasteiger partial charge >= 0.3 is 0 Å². The lowest BCUT2D eigenvalue weighted by molar-refractivity contribution is 0.198. The summed E-state index contributed by atoms with van der Waals surface area (Å²) >= 11 is 5.72. The molecule has 1 N–H and O–H groups in total. The van der Waals surface area contributed by atoms with Gasteiger partial charge in [-0.1, -0.05) is 11.6 Å². The molecule has 13 heavy (non-hydrogen) atoms.